The highest BCUT2D eigenvalue weighted by Crippen LogP contribution is 2.26. The quantitative estimate of drug-likeness (QED) is 0.340. The molecule has 1 aliphatic rings. The van der Waals surface area contributed by atoms with E-state index in [1.807, 2.05) is 18.2 Å². The minimum Gasteiger partial charge on any atom is -0.493 e. The van der Waals surface area contributed by atoms with Gasteiger partial charge in [-0.3, -0.25) is 5.84 Å². The van der Waals surface area contributed by atoms with Gasteiger partial charge in [0.2, 0.25) is 0 Å². The van der Waals surface area contributed by atoms with Gasteiger partial charge >= 0.3 is 0 Å². The lowest BCUT2D eigenvalue weighted by atomic mass is 10.1. The van der Waals surface area contributed by atoms with E-state index in [0.717, 1.165) is 24.3 Å². The second-order valence-corrected chi connectivity index (χ2v) is 3.11. The zero-order valence-corrected chi connectivity index (χ0v) is 7.29. The zero-order chi connectivity index (χ0) is 9.26. The summed E-state index contributed by atoms with van der Waals surface area (Å²) in [5, 5.41) is 0. The van der Waals surface area contributed by atoms with Crippen molar-refractivity contribution in [2.24, 2.45) is 11.6 Å². The number of benzene rings is 1. The van der Waals surface area contributed by atoms with Crippen LogP contribution in [0.25, 0.3) is 0 Å². The first-order valence-corrected chi connectivity index (χ1v) is 4.28. The van der Waals surface area contributed by atoms with Gasteiger partial charge in [0, 0.05) is 6.42 Å². The Balaban J connectivity index is 2.30. The highest BCUT2D eigenvalue weighted by atomic mass is 16.5. The average Bonchev–Trinajstić information content (AvgIpc) is 2.63. The fourth-order valence-corrected chi connectivity index (χ4v) is 1.50. The summed E-state index contributed by atoms with van der Waals surface area (Å²) < 4.78 is 5.37. The van der Waals surface area contributed by atoms with Gasteiger partial charge < -0.3 is 10.5 Å². The highest BCUT2D eigenvalue weighted by Gasteiger charge is 2.13. The monoisotopic (exact) mass is 179 g/mol. The van der Waals surface area contributed by atoms with Gasteiger partial charge in [0.1, 0.15) is 5.75 Å². The van der Waals surface area contributed by atoms with Crippen molar-refractivity contribution < 1.29 is 4.74 Å². The Hall–Kier alpha value is -1.10. The smallest absolute Gasteiger partial charge is 0.122 e. The molecular formula is C9H13N3O. The van der Waals surface area contributed by atoms with Crippen LogP contribution in [0.5, 0.6) is 5.75 Å². The summed E-state index contributed by atoms with van der Waals surface area (Å²) in [7, 11) is 0. The molecule has 0 amide bonds. The Bertz CT molecular complexity index is 314. The molecule has 2 rings (SSSR count). The van der Waals surface area contributed by atoms with Gasteiger partial charge in [-0.15, -0.1) is 0 Å². The normalized spacial score (nSPS) is 16.5. The number of hydrogen-bond acceptors (Lipinski definition) is 4. The molecule has 4 nitrogen and oxygen atoms in total. The van der Waals surface area contributed by atoms with Gasteiger partial charge in [-0.1, -0.05) is 6.07 Å². The van der Waals surface area contributed by atoms with E-state index >= 15 is 0 Å². The van der Waals surface area contributed by atoms with Crippen molar-refractivity contribution >= 4 is 0 Å². The minimum absolute atomic E-state index is 0.300. The van der Waals surface area contributed by atoms with E-state index in [-0.39, 0.29) is 6.17 Å². The number of rotatable bonds is 2. The fraction of sp³-hybridized carbons (Fsp3) is 0.333. The summed E-state index contributed by atoms with van der Waals surface area (Å²) in [5.41, 5.74) is 10.4. The van der Waals surface area contributed by atoms with Crippen molar-refractivity contribution in [3.8, 4) is 5.75 Å². The van der Waals surface area contributed by atoms with Gasteiger partial charge in [-0.05, 0) is 23.3 Å². The number of hydrazine groups is 1. The van der Waals surface area contributed by atoms with Crippen LogP contribution in [-0.2, 0) is 6.42 Å². The molecule has 0 bridgehead atoms. The zero-order valence-electron chi connectivity index (χ0n) is 7.29. The second kappa shape index (κ2) is 3.33. The van der Waals surface area contributed by atoms with Gasteiger partial charge in [0.25, 0.3) is 0 Å². The van der Waals surface area contributed by atoms with Crippen LogP contribution in [0, 0.1) is 0 Å². The molecule has 0 spiro atoms. The standard InChI is InChI=1S/C9H13N3O/c10-9(12-11)7-1-2-8-6(5-7)3-4-13-8/h1-2,5,9,12H,3-4,10-11H2. The van der Waals surface area contributed by atoms with E-state index in [1.165, 1.54) is 5.56 Å². The molecule has 1 aromatic rings. The third-order valence-electron chi connectivity index (χ3n) is 2.25. The maximum atomic E-state index is 5.71. The lowest BCUT2D eigenvalue weighted by molar-refractivity contribution is 0.356. The SMILES string of the molecule is NNC(N)c1ccc2c(c1)CCO2. The molecular weight excluding hydrogens is 166 g/mol. The third kappa shape index (κ3) is 1.51. The Kier molecular flexibility index (Phi) is 2.18. The van der Waals surface area contributed by atoms with Crippen LogP contribution in [0.15, 0.2) is 18.2 Å². The number of fused-ring (bicyclic) bond motifs is 1. The first kappa shape index (κ1) is 8.50. The second-order valence-electron chi connectivity index (χ2n) is 3.11. The van der Waals surface area contributed by atoms with Crippen molar-refractivity contribution in [1.82, 2.24) is 5.43 Å². The molecule has 1 unspecified atom stereocenters. The molecule has 0 saturated carbocycles. The highest BCUT2D eigenvalue weighted by molar-refractivity contribution is 5.40. The molecule has 5 N–H and O–H groups in total. The summed E-state index contributed by atoms with van der Waals surface area (Å²) in [5.74, 6) is 6.21. The van der Waals surface area contributed by atoms with Gasteiger partial charge in [-0.2, -0.15) is 0 Å². The van der Waals surface area contributed by atoms with Gasteiger partial charge in [0.05, 0.1) is 12.8 Å². The molecule has 1 aromatic carbocycles. The Labute approximate surface area is 76.8 Å². The van der Waals surface area contributed by atoms with E-state index < -0.39 is 0 Å². The molecule has 0 fully saturated rings. The molecule has 4 heteroatoms. The van der Waals surface area contributed by atoms with E-state index in [0.29, 0.717) is 0 Å². The van der Waals surface area contributed by atoms with Gasteiger partial charge in [-0.25, -0.2) is 5.43 Å². The minimum atomic E-state index is -0.300. The van der Waals surface area contributed by atoms with Gasteiger partial charge in [0.15, 0.2) is 0 Å². The van der Waals surface area contributed by atoms with E-state index in [2.05, 4.69) is 5.43 Å². The molecule has 13 heavy (non-hydrogen) atoms. The van der Waals surface area contributed by atoms with E-state index in [1.54, 1.807) is 0 Å². The molecule has 1 heterocycles. The van der Waals surface area contributed by atoms with Crippen LogP contribution >= 0.6 is 0 Å². The Morgan fingerprint density at radius 3 is 3.08 bits per heavy atom. The van der Waals surface area contributed by atoms with E-state index in [4.69, 9.17) is 16.3 Å². The molecule has 0 aromatic heterocycles. The summed E-state index contributed by atoms with van der Waals surface area (Å²) >= 11 is 0. The van der Waals surface area contributed by atoms with Crippen molar-refractivity contribution in [3.05, 3.63) is 29.3 Å². The predicted octanol–water partition coefficient (Wildman–Crippen LogP) is 0.0421. The third-order valence-corrected chi connectivity index (χ3v) is 2.25. The fourth-order valence-electron chi connectivity index (χ4n) is 1.50. The molecule has 0 aliphatic carbocycles. The summed E-state index contributed by atoms with van der Waals surface area (Å²) in [6, 6.07) is 5.90. The van der Waals surface area contributed by atoms with Crippen LogP contribution in [-0.4, -0.2) is 6.61 Å². The van der Waals surface area contributed by atoms with Crippen molar-refractivity contribution in [2.45, 2.75) is 12.6 Å². The lowest BCUT2D eigenvalue weighted by Crippen LogP contribution is -2.34. The van der Waals surface area contributed by atoms with Crippen LogP contribution < -0.4 is 21.7 Å². The molecule has 1 aliphatic heterocycles. The predicted molar refractivity (Wildman–Crippen MR) is 49.9 cm³/mol. The topological polar surface area (TPSA) is 73.3 Å². The first-order chi connectivity index (χ1) is 6.31. The van der Waals surface area contributed by atoms with Crippen molar-refractivity contribution in [1.29, 1.82) is 0 Å². The maximum absolute atomic E-state index is 5.71. The molecule has 0 saturated heterocycles. The first-order valence-electron chi connectivity index (χ1n) is 4.28. The average molecular weight is 179 g/mol. The van der Waals surface area contributed by atoms with Crippen LogP contribution in [0.2, 0.25) is 0 Å². The van der Waals surface area contributed by atoms with Crippen molar-refractivity contribution in [3.63, 3.8) is 0 Å². The van der Waals surface area contributed by atoms with Crippen LogP contribution in [0.3, 0.4) is 0 Å². The molecule has 0 radical (unpaired) electrons. The number of ether oxygens (including phenoxy) is 1. The number of nitrogens with two attached hydrogens (primary N) is 2. The van der Waals surface area contributed by atoms with Crippen LogP contribution in [0.4, 0.5) is 0 Å². The summed E-state index contributed by atoms with van der Waals surface area (Å²) in [4.78, 5) is 0. The number of hydrogen-bond donors (Lipinski definition) is 3. The van der Waals surface area contributed by atoms with E-state index in [9.17, 15) is 0 Å². The Morgan fingerprint density at radius 2 is 2.31 bits per heavy atom. The van der Waals surface area contributed by atoms with Crippen LogP contribution in [0.1, 0.15) is 17.3 Å². The molecule has 1 atom stereocenters. The van der Waals surface area contributed by atoms with Crippen molar-refractivity contribution in [2.75, 3.05) is 6.61 Å². The maximum Gasteiger partial charge on any atom is 0.122 e. The summed E-state index contributed by atoms with van der Waals surface area (Å²) in [6.45, 7) is 0.768. The largest absolute Gasteiger partial charge is 0.493 e. The Morgan fingerprint density at radius 1 is 1.46 bits per heavy atom. The lowest BCUT2D eigenvalue weighted by Gasteiger charge is -2.11. The molecule has 70 valence electrons. The number of nitrogens with one attached hydrogen (secondary N) is 1. The summed E-state index contributed by atoms with van der Waals surface area (Å²) in [6.07, 6.45) is 0.659.